The number of rotatable bonds is 5. The zero-order chi connectivity index (χ0) is 21.9. The zero-order valence-electron chi connectivity index (χ0n) is 17.2. The molecule has 1 fully saturated rings. The molecule has 5 nitrogen and oxygen atoms in total. The Bertz CT molecular complexity index is 1370. The third-order valence-electron chi connectivity index (χ3n) is 5.20. The summed E-state index contributed by atoms with van der Waals surface area (Å²) < 4.78 is 0. The van der Waals surface area contributed by atoms with E-state index in [1.807, 2.05) is 66.7 Å². The van der Waals surface area contributed by atoms with Crippen molar-refractivity contribution in [2.75, 3.05) is 6.54 Å². The number of amidine groups is 1. The minimum absolute atomic E-state index is 0.0888. The molecule has 1 aliphatic heterocycles. The van der Waals surface area contributed by atoms with Crippen LogP contribution in [0.1, 0.15) is 5.56 Å². The van der Waals surface area contributed by atoms with Crippen LogP contribution < -0.4 is 0 Å². The first-order chi connectivity index (χ1) is 15.7. The van der Waals surface area contributed by atoms with Crippen molar-refractivity contribution in [3.63, 3.8) is 0 Å². The predicted molar refractivity (Wildman–Crippen MR) is 133 cm³/mol. The normalized spacial score (nSPS) is 16.4. The lowest BCUT2D eigenvalue weighted by Crippen LogP contribution is -2.29. The molecule has 0 atom stereocenters. The lowest BCUT2D eigenvalue weighted by Gasteiger charge is -2.13. The second-order valence-electron chi connectivity index (χ2n) is 7.27. The van der Waals surface area contributed by atoms with E-state index in [1.165, 1.54) is 11.8 Å². The molecule has 0 unspecified atom stereocenters. The topological polar surface area (TPSA) is 61.4 Å². The van der Waals surface area contributed by atoms with Crippen LogP contribution in [0, 0.1) is 0 Å². The Morgan fingerprint density at radius 2 is 1.81 bits per heavy atom. The van der Waals surface area contributed by atoms with Gasteiger partial charge in [0.25, 0.3) is 5.91 Å². The van der Waals surface area contributed by atoms with Gasteiger partial charge in [-0.2, -0.15) is 5.10 Å². The van der Waals surface area contributed by atoms with Crippen molar-refractivity contribution in [2.45, 2.75) is 0 Å². The molecular formula is C26H20N4OS. The van der Waals surface area contributed by atoms with Crippen LogP contribution in [0.2, 0.25) is 0 Å². The maximum Gasteiger partial charge on any atom is 0.267 e. The minimum atomic E-state index is -0.0888. The first-order valence-corrected chi connectivity index (χ1v) is 11.0. The molecule has 1 N–H and O–H groups in total. The van der Waals surface area contributed by atoms with Crippen LogP contribution in [0.5, 0.6) is 0 Å². The fourth-order valence-electron chi connectivity index (χ4n) is 3.67. The van der Waals surface area contributed by atoms with Gasteiger partial charge in [0.15, 0.2) is 5.17 Å². The Hall–Kier alpha value is -3.90. The molecule has 1 aliphatic rings. The van der Waals surface area contributed by atoms with Gasteiger partial charge in [0.2, 0.25) is 0 Å². The summed E-state index contributed by atoms with van der Waals surface area (Å²) in [5.41, 5.74) is 3.58. The lowest BCUT2D eigenvalue weighted by molar-refractivity contribution is -0.121. The van der Waals surface area contributed by atoms with Gasteiger partial charge < -0.3 is 0 Å². The second kappa shape index (κ2) is 8.69. The second-order valence-corrected chi connectivity index (χ2v) is 8.28. The molecule has 4 aromatic rings. The van der Waals surface area contributed by atoms with E-state index in [0.29, 0.717) is 16.6 Å². The number of amides is 1. The minimum Gasteiger partial charge on any atom is -0.283 e. The molecule has 2 heterocycles. The maximum atomic E-state index is 13.2. The van der Waals surface area contributed by atoms with Gasteiger partial charge in [-0.3, -0.25) is 14.8 Å². The van der Waals surface area contributed by atoms with Gasteiger partial charge in [-0.05, 0) is 29.3 Å². The summed E-state index contributed by atoms with van der Waals surface area (Å²) >= 11 is 1.37. The molecule has 156 valence electrons. The van der Waals surface area contributed by atoms with Crippen molar-refractivity contribution in [1.29, 1.82) is 0 Å². The third kappa shape index (κ3) is 3.76. The first kappa shape index (κ1) is 20.0. The number of nitrogens with one attached hydrogen (secondary N) is 1. The van der Waals surface area contributed by atoms with Crippen LogP contribution in [0.3, 0.4) is 0 Å². The highest BCUT2D eigenvalue weighted by molar-refractivity contribution is 8.18. The maximum absolute atomic E-state index is 13.2. The van der Waals surface area contributed by atoms with Gasteiger partial charge in [0.05, 0.1) is 22.5 Å². The van der Waals surface area contributed by atoms with Crippen LogP contribution in [0.15, 0.2) is 102 Å². The highest BCUT2D eigenvalue weighted by atomic mass is 32.2. The van der Waals surface area contributed by atoms with E-state index in [1.54, 1.807) is 17.2 Å². The molecule has 0 spiro atoms. The standard InChI is InChI=1S/C26H20N4OS/c1-2-15-30-25(31)23(16-20-17-27-29-24(20)19-10-4-3-5-11-19)32-26(30)28-22-14-8-12-18-9-6-7-13-21(18)22/h2-14,16-17H,1,15H2,(H,27,29)/b23-16-,28-26?. The van der Waals surface area contributed by atoms with Gasteiger partial charge in [-0.1, -0.05) is 72.8 Å². The molecule has 0 aliphatic carbocycles. The molecule has 6 heteroatoms. The number of hydrogen-bond donors (Lipinski definition) is 1. The van der Waals surface area contributed by atoms with Gasteiger partial charge in [0.1, 0.15) is 0 Å². The average Bonchev–Trinajstić information content (AvgIpc) is 3.41. The summed E-state index contributed by atoms with van der Waals surface area (Å²) in [5, 5.41) is 10.0. The Labute approximate surface area is 190 Å². The van der Waals surface area contributed by atoms with E-state index in [2.05, 4.69) is 28.9 Å². The largest absolute Gasteiger partial charge is 0.283 e. The summed E-state index contributed by atoms with van der Waals surface area (Å²) in [5.74, 6) is -0.0888. The van der Waals surface area contributed by atoms with Crippen molar-refractivity contribution in [2.24, 2.45) is 4.99 Å². The van der Waals surface area contributed by atoms with E-state index in [9.17, 15) is 4.79 Å². The monoisotopic (exact) mass is 436 g/mol. The van der Waals surface area contributed by atoms with E-state index >= 15 is 0 Å². The Morgan fingerprint density at radius 1 is 1.03 bits per heavy atom. The van der Waals surface area contributed by atoms with E-state index in [-0.39, 0.29) is 5.91 Å². The fourth-order valence-corrected chi connectivity index (χ4v) is 4.66. The van der Waals surface area contributed by atoms with Crippen molar-refractivity contribution in [1.82, 2.24) is 15.1 Å². The summed E-state index contributed by atoms with van der Waals surface area (Å²) in [6.45, 7) is 4.20. The summed E-state index contributed by atoms with van der Waals surface area (Å²) in [6.07, 6.45) is 5.33. The molecule has 3 aromatic carbocycles. The smallest absolute Gasteiger partial charge is 0.267 e. The Morgan fingerprint density at radius 3 is 2.66 bits per heavy atom. The van der Waals surface area contributed by atoms with Crippen molar-refractivity contribution in [3.05, 3.63) is 102 Å². The number of aromatic nitrogens is 2. The number of carbonyl (C=O) groups excluding carboxylic acids is 1. The fraction of sp³-hybridized carbons (Fsp3) is 0.0385. The molecule has 1 saturated heterocycles. The number of nitrogens with zero attached hydrogens (tertiary/aromatic N) is 3. The molecule has 32 heavy (non-hydrogen) atoms. The van der Waals surface area contributed by atoms with Crippen molar-refractivity contribution >= 4 is 45.4 Å². The van der Waals surface area contributed by atoms with Crippen LogP contribution >= 0.6 is 11.8 Å². The SMILES string of the molecule is C=CCN1C(=O)/C(=C/c2cn[nH]c2-c2ccccc2)SC1=Nc1cccc2ccccc12. The van der Waals surface area contributed by atoms with E-state index in [4.69, 9.17) is 4.99 Å². The van der Waals surface area contributed by atoms with E-state index < -0.39 is 0 Å². The number of thioether (sulfide) groups is 1. The van der Waals surface area contributed by atoms with Crippen LogP contribution in [-0.4, -0.2) is 32.7 Å². The summed E-state index contributed by atoms with van der Waals surface area (Å²) in [4.78, 5) is 20.3. The number of carbonyl (C=O) groups is 1. The van der Waals surface area contributed by atoms with Gasteiger partial charge >= 0.3 is 0 Å². The van der Waals surface area contributed by atoms with Crippen molar-refractivity contribution in [3.8, 4) is 11.3 Å². The predicted octanol–water partition coefficient (Wildman–Crippen LogP) is 6.02. The van der Waals surface area contributed by atoms with Crippen LogP contribution in [0.4, 0.5) is 5.69 Å². The number of benzene rings is 3. The number of hydrogen-bond acceptors (Lipinski definition) is 4. The average molecular weight is 437 g/mol. The number of H-pyrrole nitrogens is 1. The Balaban J connectivity index is 1.55. The van der Waals surface area contributed by atoms with Crippen LogP contribution in [-0.2, 0) is 4.79 Å². The highest BCUT2D eigenvalue weighted by Crippen LogP contribution is 2.36. The Kier molecular flexibility index (Phi) is 5.44. The molecule has 0 radical (unpaired) electrons. The molecule has 0 bridgehead atoms. The lowest BCUT2D eigenvalue weighted by atomic mass is 10.1. The van der Waals surface area contributed by atoms with Crippen LogP contribution in [0.25, 0.3) is 28.1 Å². The molecule has 5 rings (SSSR count). The molecule has 0 saturated carbocycles. The highest BCUT2D eigenvalue weighted by Gasteiger charge is 2.33. The van der Waals surface area contributed by atoms with Gasteiger partial charge in [-0.25, -0.2) is 4.99 Å². The summed E-state index contributed by atoms with van der Waals surface area (Å²) in [7, 11) is 0. The molecular weight excluding hydrogens is 416 g/mol. The van der Waals surface area contributed by atoms with E-state index in [0.717, 1.165) is 33.3 Å². The third-order valence-corrected chi connectivity index (χ3v) is 6.21. The molecule has 1 amide bonds. The first-order valence-electron chi connectivity index (χ1n) is 10.2. The van der Waals surface area contributed by atoms with Crippen molar-refractivity contribution < 1.29 is 4.79 Å². The van der Waals surface area contributed by atoms with Gasteiger partial charge in [-0.15, -0.1) is 6.58 Å². The van der Waals surface area contributed by atoms with Gasteiger partial charge in [0, 0.05) is 23.1 Å². The number of aromatic amines is 1. The quantitative estimate of drug-likeness (QED) is 0.307. The number of fused-ring (bicyclic) bond motifs is 1. The summed E-state index contributed by atoms with van der Waals surface area (Å²) in [6, 6.07) is 24.1. The zero-order valence-corrected chi connectivity index (χ0v) is 18.0. The molecule has 1 aromatic heterocycles. The number of aliphatic imine (C=N–C) groups is 1.